The van der Waals surface area contributed by atoms with E-state index in [0.717, 1.165) is 15.2 Å². The summed E-state index contributed by atoms with van der Waals surface area (Å²) < 4.78 is 0.936. The fourth-order valence-corrected chi connectivity index (χ4v) is 2.88. The molecule has 0 saturated carbocycles. The molecule has 138 valence electrons. The molecular weight excluding hydrogens is 420 g/mol. The third-order valence-corrected chi connectivity index (χ3v) is 4.62. The first kappa shape index (κ1) is 20.3. The molecule has 7 heteroatoms. The predicted molar refractivity (Wildman–Crippen MR) is 107 cm³/mol. The molecule has 1 aliphatic heterocycles. The van der Waals surface area contributed by atoms with Gasteiger partial charge in [-0.3, -0.25) is 9.69 Å². The van der Waals surface area contributed by atoms with Gasteiger partial charge < -0.3 is 10.4 Å². The molecule has 5 nitrogen and oxygen atoms in total. The Morgan fingerprint density at radius 2 is 1.85 bits per heavy atom. The van der Waals surface area contributed by atoms with Crippen LogP contribution in [0.3, 0.4) is 0 Å². The molecule has 2 aromatic rings. The van der Waals surface area contributed by atoms with Crippen LogP contribution in [0, 0.1) is 12.8 Å². The van der Waals surface area contributed by atoms with E-state index in [0.29, 0.717) is 13.1 Å². The van der Waals surface area contributed by atoms with Crippen LogP contribution in [0.5, 0.6) is 0 Å². The van der Waals surface area contributed by atoms with Crippen LogP contribution in [0.4, 0.5) is 10.5 Å². The molecule has 2 N–H and O–H groups in total. The van der Waals surface area contributed by atoms with Crippen LogP contribution in [0.15, 0.2) is 53.0 Å². The van der Waals surface area contributed by atoms with Crippen LogP contribution in [0.1, 0.15) is 12.0 Å². The normalized spacial score (nSPS) is 16.3. The van der Waals surface area contributed by atoms with Crippen LogP contribution < -0.4 is 10.2 Å². The summed E-state index contributed by atoms with van der Waals surface area (Å²) >= 11 is 8.94. The summed E-state index contributed by atoms with van der Waals surface area (Å²) in [5.41, 5.74) is 2.01. The van der Waals surface area contributed by atoms with Crippen molar-refractivity contribution in [3.8, 4) is 0 Å². The summed E-state index contributed by atoms with van der Waals surface area (Å²) in [6.45, 7) is 2.88. The highest BCUT2D eigenvalue weighted by Gasteiger charge is 2.27. The second-order valence-electron chi connectivity index (χ2n) is 6.03. The molecule has 1 saturated heterocycles. The van der Waals surface area contributed by atoms with Crippen LogP contribution >= 0.6 is 27.5 Å². The summed E-state index contributed by atoms with van der Waals surface area (Å²) in [6.07, 6.45) is 0.0628. The highest BCUT2D eigenvalue weighted by atomic mass is 79.9. The Bertz CT molecular complexity index is 729. The number of benzene rings is 2. The van der Waals surface area contributed by atoms with Gasteiger partial charge in [-0.05, 0) is 43.3 Å². The van der Waals surface area contributed by atoms with E-state index >= 15 is 0 Å². The SMILES string of the molecule is Cc1ccc(Cl)cc1.O=C(O)CC1CNC(=O)N(c2ccc(Br)cc2)C1. The lowest BCUT2D eigenvalue weighted by molar-refractivity contribution is -0.138. The lowest BCUT2D eigenvalue weighted by Gasteiger charge is -2.32. The van der Waals surface area contributed by atoms with Gasteiger partial charge in [-0.25, -0.2) is 4.79 Å². The minimum atomic E-state index is -0.841. The van der Waals surface area contributed by atoms with E-state index in [1.165, 1.54) is 5.56 Å². The van der Waals surface area contributed by atoms with Crippen molar-refractivity contribution in [2.45, 2.75) is 13.3 Å². The summed E-state index contributed by atoms with van der Waals surface area (Å²) in [6, 6.07) is 14.9. The number of nitrogens with zero attached hydrogens (tertiary/aromatic N) is 1. The van der Waals surface area contributed by atoms with Crippen LogP contribution in [0.25, 0.3) is 0 Å². The molecule has 0 bridgehead atoms. The zero-order valence-electron chi connectivity index (χ0n) is 14.3. The van der Waals surface area contributed by atoms with E-state index in [1.807, 2.05) is 55.5 Å². The van der Waals surface area contributed by atoms with Gasteiger partial charge in [0, 0.05) is 34.2 Å². The number of carbonyl (C=O) groups excluding carboxylic acids is 1. The van der Waals surface area contributed by atoms with Crippen LogP contribution in [-0.2, 0) is 4.79 Å². The molecule has 0 spiro atoms. The van der Waals surface area contributed by atoms with Crippen molar-refractivity contribution in [1.29, 1.82) is 0 Å². The number of urea groups is 1. The zero-order chi connectivity index (χ0) is 19.1. The van der Waals surface area contributed by atoms with Crippen molar-refractivity contribution in [1.82, 2.24) is 5.32 Å². The summed E-state index contributed by atoms with van der Waals surface area (Å²) in [5.74, 6) is -0.907. The molecule has 2 aromatic carbocycles. The van der Waals surface area contributed by atoms with E-state index in [1.54, 1.807) is 4.90 Å². The first-order valence-electron chi connectivity index (χ1n) is 8.10. The minimum Gasteiger partial charge on any atom is -0.481 e. The number of hydrogen-bond acceptors (Lipinski definition) is 2. The number of rotatable bonds is 3. The van der Waals surface area contributed by atoms with E-state index in [2.05, 4.69) is 21.2 Å². The topological polar surface area (TPSA) is 69.6 Å². The molecule has 2 amide bonds. The molecule has 0 aliphatic carbocycles. The number of anilines is 1. The van der Waals surface area contributed by atoms with Crippen LogP contribution in [-0.4, -0.2) is 30.2 Å². The van der Waals surface area contributed by atoms with Crippen molar-refractivity contribution >= 4 is 45.2 Å². The molecule has 1 aliphatic rings. The maximum atomic E-state index is 11.8. The Balaban J connectivity index is 0.000000254. The molecule has 1 heterocycles. The number of amides is 2. The second-order valence-corrected chi connectivity index (χ2v) is 7.38. The van der Waals surface area contributed by atoms with Gasteiger partial charge >= 0.3 is 12.0 Å². The highest BCUT2D eigenvalue weighted by molar-refractivity contribution is 9.10. The molecule has 1 unspecified atom stereocenters. The van der Waals surface area contributed by atoms with Gasteiger partial charge in [0.1, 0.15) is 0 Å². The summed E-state index contributed by atoms with van der Waals surface area (Å²) in [5, 5.41) is 12.3. The van der Waals surface area contributed by atoms with Gasteiger partial charge in [0.25, 0.3) is 0 Å². The molecule has 1 atom stereocenters. The average molecular weight is 440 g/mol. The Morgan fingerprint density at radius 3 is 2.38 bits per heavy atom. The smallest absolute Gasteiger partial charge is 0.321 e. The summed E-state index contributed by atoms with van der Waals surface area (Å²) in [4.78, 5) is 24.0. The maximum Gasteiger partial charge on any atom is 0.321 e. The fraction of sp³-hybridized carbons (Fsp3) is 0.263. The maximum absolute atomic E-state index is 11.8. The first-order chi connectivity index (χ1) is 12.3. The number of carboxylic acid groups (broad SMARTS) is 1. The third-order valence-electron chi connectivity index (χ3n) is 3.84. The number of carbonyl (C=O) groups is 2. The van der Waals surface area contributed by atoms with Gasteiger partial charge in [0.05, 0.1) is 6.42 Å². The fourth-order valence-electron chi connectivity index (χ4n) is 2.49. The number of nitrogens with one attached hydrogen (secondary N) is 1. The Kier molecular flexibility index (Phi) is 7.48. The van der Waals surface area contributed by atoms with Crippen molar-refractivity contribution in [2.24, 2.45) is 5.92 Å². The van der Waals surface area contributed by atoms with Crippen LogP contribution in [0.2, 0.25) is 5.02 Å². The third kappa shape index (κ3) is 6.35. The van der Waals surface area contributed by atoms with Gasteiger partial charge in [0.15, 0.2) is 0 Å². The number of hydrogen-bond donors (Lipinski definition) is 2. The standard InChI is InChI=1S/C12H13BrN2O3.C7H7Cl/c13-9-1-3-10(4-2-9)15-7-8(5-11(16)17)6-14-12(15)18;1-6-2-4-7(8)5-3-6/h1-4,8H,5-7H2,(H,14,18)(H,16,17);2-5H,1H3. The molecule has 26 heavy (non-hydrogen) atoms. The highest BCUT2D eigenvalue weighted by Crippen LogP contribution is 2.22. The first-order valence-corrected chi connectivity index (χ1v) is 9.27. The van der Waals surface area contributed by atoms with Crippen molar-refractivity contribution < 1.29 is 14.7 Å². The molecule has 3 rings (SSSR count). The zero-order valence-corrected chi connectivity index (χ0v) is 16.6. The lowest BCUT2D eigenvalue weighted by Crippen LogP contribution is -2.51. The van der Waals surface area contributed by atoms with E-state index in [-0.39, 0.29) is 18.4 Å². The molecule has 1 fully saturated rings. The Morgan fingerprint density at radius 1 is 1.23 bits per heavy atom. The van der Waals surface area contributed by atoms with Gasteiger partial charge in [-0.2, -0.15) is 0 Å². The average Bonchev–Trinajstić information content (AvgIpc) is 2.60. The largest absolute Gasteiger partial charge is 0.481 e. The van der Waals surface area contributed by atoms with Crippen molar-refractivity contribution in [3.63, 3.8) is 0 Å². The monoisotopic (exact) mass is 438 g/mol. The van der Waals surface area contributed by atoms with Gasteiger partial charge in [-0.1, -0.05) is 45.2 Å². The van der Waals surface area contributed by atoms with Crippen molar-refractivity contribution in [2.75, 3.05) is 18.0 Å². The number of aliphatic carboxylic acids is 1. The number of aryl methyl sites for hydroxylation is 1. The predicted octanol–water partition coefficient (Wildman–Crippen LogP) is 4.72. The quantitative estimate of drug-likeness (QED) is 0.727. The Hall–Kier alpha value is -2.05. The number of halogens is 2. The number of carboxylic acids is 1. The lowest BCUT2D eigenvalue weighted by atomic mass is 10.0. The van der Waals surface area contributed by atoms with Gasteiger partial charge in [-0.15, -0.1) is 0 Å². The molecule has 0 radical (unpaired) electrons. The van der Waals surface area contributed by atoms with E-state index in [4.69, 9.17) is 16.7 Å². The van der Waals surface area contributed by atoms with E-state index in [9.17, 15) is 9.59 Å². The molecular formula is C19H20BrClN2O3. The Labute approximate surface area is 166 Å². The van der Waals surface area contributed by atoms with Gasteiger partial charge in [0.2, 0.25) is 0 Å². The second kappa shape index (κ2) is 9.59. The molecule has 0 aromatic heterocycles. The van der Waals surface area contributed by atoms with E-state index < -0.39 is 5.97 Å². The summed E-state index contributed by atoms with van der Waals surface area (Å²) in [7, 11) is 0. The minimum absolute atomic E-state index is 0.0628. The van der Waals surface area contributed by atoms with Crippen molar-refractivity contribution in [3.05, 3.63) is 63.6 Å².